The van der Waals surface area contributed by atoms with Gasteiger partial charge in [0.05, 0.1) is 29.1 Å². The number of hydrogen-bond donors (Lipinski definition) is 0. The van der Waals surface area contributed by atoms with Gasteiger partial charge in [0.15, 0.2) is 5.78 Å². The van der Waals surface area contributed by atoms with Crippen molar-refractivity contribution in [3.63, 3.8) is 0 Å². The molecule has 0 spiro atoms. The summed E-state index contributed by atoms with van der Waals surface area (Å²) < 4.78 is 42.3. The molecule has 1 aromatic carbocycles. The van der Waals surface area contributed by atoms with Crippen molar-refractivity contribution in [2.24, 2.45) is 0 Å². The Labute approximate surface area is 105 Å². The molecule has 94 valence electrons. The lowest BCUT2D eigenvalue weighted by molar-refractivity contribution is -0.137. The molecule has 0 unspecified atom stereocenters. The van der Waals surface area contributed by atoms with E-state index in [4.69, 9.17) is 27.9 Å². The number of carbonyl (C=O) groups is 1. The number of Topliss-reactive ketones (excluding diaryl/α,β-unsaturated/α-hetero) is 1. The van der Waals surface area contributed by atoms with Gasteiger partial charge < -0.3 is 4.74 Å². The Balaban J connectivity index is 3.44. The molecule has 0 saturated carbocycles. The Hall–Kier alpha value is -0.940. The lowest BCUT2D eigenvalue weighted by Gasteiger charge is -2.13. The summed E-state index contributed by atoms with van der Waals surface area (Å²) in [5, 5.41) is -0.282. The minimum atomic E-state index is -4.59. The molecular weight excluding hydrogens is 280 g/mol. The summed E-state index contributed by atoms with van der Waals surface area (Å²) in [5.74, 6) is -1.24. The van der Waals surface area contributed by atoms with Crippen molar-refractivity contribution >= 4 is 29.0 Å². The van der Waals surface area contributed by atoms with Crippen LogP contribution in [0.2, 0.25) is 5.02 Å². The normalized spacial score (nSPS) is 11.4. The molecule has 1 aromatic rings. The van der Waals surface area contributed by atoms with Crippen molar-refractivity contribution in [1.29, 1.82) is 0 Å². The SMILES string of the molecule is COc1c(Cl)cc(C(F)(F)F)cc1C(=O)CCl. The molecule has 0 fully saturated rings. The van der Waals surface area contributed by atoms with E-state index in [9.17, 15) is 18.0 Å². The topological polar surface area (TPSA) is 26.3 Å². The number of benzene rings is 1. The van der Waals surface area contributed by atoms with Crippen LogP contribution in [0.3, 0.4) is 0 Å². The summed E-state index contributed by atoms with van der Waals surface area (Å²) in [7, 11) is 1.21. The Morgan fingerprint density at radius 2 is 2.00 bits per heavy atom. The Morgan fingerprint density at radius 3 is 2.41 bits per heavy atom. The summed E-state index contributed by atoms with van der Waals surface area (Å²) in [6.07, 6.45) is -4.59. The van der Waals surface area contributed by atoms with E-state index in [0.29, 0.717) is 12.1 Å². The zero-order valence-corrected chi connectivity index (χ0v) is 10.1. The first-order valence-electron chi connectivity index (χ1n) is 4.35. The predicted octanol–water partition coefficient (Wildman–Crippen LogP) is 3.79. The van der Waals surface area contributed by atoms with Crippen molar-refractivity contribution in [2.45, 2.75) is 6.18 Å². The fourth-order valence-electron chi connectivity index (χ4n) is 1.24. The maximum absolute atomic E-state index is 12.5. The van der Waals surface area contributed by atoms with Gasteiger partial charge in [0.2, 0.25) is 0 Å². The monoisotopic (exact) mass is 286 g/mol. The van der Waals surface area contributed by atoms with Crippen molar-refractivity contribution in [1.82, 2.24) is 0 Å². The van der Waals surface area contributed by atoms with E-state index in [1.54, 1.807) is 0 Å². The molecule has 0 radical (unpaired) electrons. The summed E-state index contributed by atoms with van der Waals surface area (Å²) in [5.41, 5.74) is -1.29. The molecule has 1 rings (SSSR count). The van der Waals surface area contributed by atoms with Crippen LogP contribution in [-0.2, 0) is 6.18 Å². The molecule has 0 bridgehead atoms. The number of rotatable bonds is 3. The van der Waals surface area contributed by atoms with Gasteiger partial charge in [-0.2, -0.15) is 13.2 Å². The number of halogens is 5. The van der Waals surface area contributed by atoms with Crippen LogP contribution in [0.25, 0.3) is 0 Å². The van der Waals surface area contributed by atoms with E-state index >= 15 is 0 Å². The van der Waals surface area contributed by atoms with E-state index in [2.05, 4.69) is 0 Å². The number of carbonyl (C=O) groups excluding carboxylic acids is 1. The first kappa shape index (κ1) is 14.1. The first-order chi connectivity index (χ1) is 7.81. The van der Waals surface area contributed by atoms with Crippen molar-refractivity contribution in [3.8, 4) is 5.75 Å². The second kappa shape index (κ2) is 5.14. The smallest absolute Gasteiger partial charge is 0.416 e. The summed E-state index contributed by atoms with van der Waals surface area (Å²) in [6.45, 7) is 0. The molecule has 0 atom stereocenters. The van der Waals surface area contributed by atoms with Gasteiger partial charge in [-0.25, -0.2) is 0 Å². The maximum atomic E-state index is 12.5. The van der Waals surface area contributed by atoms with Crippen LogP contribution in [0.15, 0.2) is 12.1 Å². The molecule has 0 aliphatic rings. The van der Waals surface area contributed by atoms with Gasteiger partial charge in [-0.15, -0.1) is 11.6 Å². The van der Waals surface area contributed by atoms with Gasteiger partial charge in [0.1, 0.15) is 5.75 Å². The highest BCUT2D eigenvalue weighted by atomic mass is 35.5. The largest absolute Gasteiger partial charge is 0.494 e. The van der Waals surface area contributed by atoms with Crippen molar-refractivity contribution < 1.29 is 22.7 Å². The fourth-order valence-corrected chi connectivity index (χ4v) is 1.68. The zero-order chi connectivity index (χ0) is 13.2. The molecule has 0 N–H and O–H groups in total. The molecule has 0 amide bonds. The van der Waals surface area contributed by atoms with Crippen LogP contribution in [-0.4, -0.2) is 18.8 Å². The lowest BCUT2D eigenvalue weighted by Crippen LogP contribution is -2.10. The van der Waals surface area contributed by atoms with Crippen molar-refractivity contribution in [3.05, 3.63) is 28.3 Å². The summed E-state index contributed by atoms with van der Waals surface area (Å²) in [4.78, 5) is 11.4. The molecule has 0 heterocycles. The number of hydrogen-bond acceptors (Lipinski definition) is 2. The molecule has 0 saturated heterocycles. The predicted molar refractivity (Wildman–Crippen MR) is 58.1 cm³/mol. The third-order valence-corrected chi connectivity index (χ3v) is 2.52. The molecular formula is C10H7Cl2F3O2. The van der Waals surface area contributed by atoms with Gasteiger partial charge in [-0.1, -0.05) is 11.6 Å². The van der Waals surface area contributed by atoms with Gasteiger partial charge in [0, 0.05) is 0 Å². The third kappa shape index (κ3) is 3.04. The van der Waals surface area contributed by atoms with E-state index in [1.807, 2.05) is 0 Å². The molecule has 7 heteroatoms. The summed E-state index contributed by atoms with van der Waals surface area (Å²) in [6, 6.07) is 1.38. The van der Waals surface area contributed by atoms with Gasteiger partial charge >= 0.3 is 6.18 Å². The number of ketones is 1. The average molecular weight is 287 g/mol. The van der Waals surface area contributed by atoms with Crippen LogP contribution < -0.4 is 4.74 Å². The van der Waals surface area contributed by atoms with Crippen LogP contribution in [0.4, 0.5) is 13.2 Å². The minimum Gasteiger partial charge on any atom is -0.494 e. The second-order valence-electron chi connectivity index (χ2n) is 3.09. The minimum absolute atomic E-state index is 0.106. The van der Waals surface area contributed by atoms with Crippen LogP contribution in [0.5, 0.6) is 5.75 Å². The van der Waals surface area contributed by atoms with Crippen LogP contribution in [0.1, 0.15) is 15.9 Å². The Morgan fingerprint density at radius 1 is 1.41 bits per heavy atom. The highest BCUT2D eigenvalue weighted by Crippen LogP contribution is 2.37. The van der Waals surface area contributed by atoms with E-state index in [0.717, 1.165) is 0 Å². The molecule has 2 nitrogen and oxygen atoms in total. The zero-order valence-electron chi connectivity index (χ0n) is 8.57. The highest BCUT2D eigenvalue weighted by molar-refractivity contribution is 6.34. The number of alkyl halides is 4. The molecule has 0 aromatic heterocycles. The standard InChI is InChI=1S/C10H7Cl2F3O2/c1-17-9-6(8(16)4-11)2-5(3-7(9)12)10(13,14)15/h2-3H,4H2,1H3. The van der Waals surface area contributed by atoms with Crippen molar-refractivity contribution in [2.75, 3.05) is 13.0 Å². The Bertz CT molecular complexity index is 444. The molecule has 17 heavy (non-hydrogen) atoms. The average Bonchev–Trinajstić information content (AvgIpc) is 2.25. The molecule has 0 aliphatic heterocycles. The van der Waals surface area contributed by atoms with Crippen LogP contribution in [0, 0.1) is 0 Å². The van der Waals surface area contributed by atoms with E-state index in [1.165, 1.54) is 7.11 Å². The second-order valence-corrected chi connectivity index (χ2v) is 3.77. The third-order valence-electron chi connectivity index (χ3n) is 2.00. The maximum Gasteiger partial charge on any atom is 0.416 e. The fraction of sp³-hybridized carbons (Fsp3) is 0.300. The Kier molecular flexibility index (Phi) is 4.27. The van der Waals surface area contributed by atoms with E-state index in [-0.39, 0.29) is 16.3 Å². The molecule has 0 aliphatic carbocycles. The van der Waals surface area contributed by atoms with E-state index < -0.39 is 23.4 Å². The van der Waals surface area contributed by atoms with Crippen LogP contribution >= 0.6 is 23.2 Å². The van der Waals surface area contributed by atoms with Gasteiger partial charge in [0.25, 0.3) is 0 Å². The van der Waals surface area contributed by atoms with Gasteiger partial charge in [-0.05, 0) is 12.1 Å². The lowest BCUT2D eigenvalue weighted by atomic mass is 10.1. The summed E-state index contributed by atoms with van der Waals surface area (Å²) >= 11 is 10.9. The highest BCUT2D eigenvalue weighted by Gasteiger charge is 2.33. The first-order valence-corrected chi connectivity index (χ1v) is 5.26. The quantitative estimate of drug-likeness (QED) is 0.624. The number of ether oxygens (including phenoxy) is 1. The number of methoxy groups -OCH3 is 1. The van der Waals surface area contributed by atoms with Gasteiger partial charge in [-0.3, -0.25) is 4.79 Å².